The number of carbonyl (C=O) groups is 1. The molecule has 0 saturated heterocycles. The minimum absolute atomic E-state index is 0.0774. The number of hydrogen-bond acceptors (Lipinski definition) is 3. The largest absolute Gasteiger partial charge is 0.490 e. The number of nitrogens with zero attached hydrogens (tertiary/aromatic N) is 2. The number of ketones is 1. The lowest BCUT2D eigenvalue weighted by atomic mass is 9.79. The third-order valence-electron chi connectivity index (χ3n) is 4.56. The van der Waals surface area contributed by atoms with Crippen molar-refractivity contribution in [3.05, 3.63) is 64.0 Å². The molecule has 5 heteroatoms. The lowest BCUT2D eigenvalue weighted by Crippen LogP contribution is -2.23. The van der Waals surface area contributed by atoms with E-state index in [-0.39, 0.29) is 11.2 Å². The van der Waals surface area contributed by atoms with Crippen molar-refractivity contribution in [2.75, 3.05) is 6.61 Å². The number of benzene rings is 1. The normalized spacial score (nSPS) is 11.7. The van der Waals surface area contributed by atoms with Gasteiger partial charge in [0.1, 0.15) is 5.69 Å². The van der Waals surface area contributed by atoms with Gasteiger partial charge in [0.15, 0.2) is 17.2 Å². The number of imidazole rings is 1. The van der Waals surface area contributed by atoms with Gasteiger partial charge in [-0.1, -0.05) is 41.9 Å². The Bertz CT molecular complexity index is 960. The van der Waals surface area contributed by atoms with Gasteiger partial charge >= 0.3 is 0 Å². The van der Waals surface area contributed by atoms with Crippen LogP contribution < -0.4 is 4.74 Å². The van der Waals surface area contributed by atoms with Gasteiger partial charge in [0.2, 0.25) is 0 Å². The molecule has 0 radical (unpaired) electrons. The van der Waals surface area contributed by atoms with Gasteiger partial charge in [0.25, 0.3) is 0 Å². The van der Waals surface area contributed by atoms with Crippen LogP contribution in [-0.4, -0.2) is 21.8 Å². The van der Waals surface area contributed by atoms with Gasteiger partial charge < -0.3 is 4.74 Å². The maximum Gasteiger partial charge on any atom is 0.182 e. The second kappa shape index (κ2) is 7.23. The van der Waals surface area contributed by atoms with Gasteiger partial charge in [-0.05, 0) is 49.1 Å². The molecule has 2 heterocycles. The van der Waals surface area contributed by atoms with Crippen molar-refractivity contribution >= 4 is 27.4 Å². The van der Waals surface area contributed by atoms with Crippen molar-refractivity contribution in [3.8, 4) is 5.75 Å². The fourth-order valence-electron chi connectivity index (χ4n) is 3.26. The van der Waals surface area contributed by atoms with Crippen LogP contribution in [0.15, 0.2) is 47.1 Å². The Labute approximate surface area is 162 Å². The van der Waals surface area contributed by atoms with Crippen LogP contribution >= 0.6 is 15.9 Å². The summed E-state index contributed by atoms with van der Waals surface area (Å²) in [5, 5.41) is 0. The molecular weight excluding hydrogens is 392 g/mol. The first kappa shape index (κ1) is 18.6. The van der Waals surface area contributed by atoms with E-state index in [0.717, 1.165) is 15.7 Å². The van der Waals surface area contributed by atoms with E-state index < -0.39 is 0 Å². The first-order valence-electron chi connectivity index (χ1n) is 8.73. The number of carbonyl (C=O) groups excluding carboxylic acids is 1. The van der Waals surface area contributed by atoms with Crippen LogP contribution in [0.1, 0.15) is 48.9 Å². The molecule has 0 aliphatic carbocycles. The van der Waals surface area contributed by atoms with Crippen LogP contribution in [0.25, 0.3) is 5.65 Å². The van der Waals surface area contributed by atoms with E-state index in [0.29, 0.717) is 30.1 Å². The van der Waals surface area contributed by atoms with Crippen LogP contribution in [0.4, 0.5) is 0 Å². The van der Waals surface area contributed by atoms with Gasteiger partial charge in [-0.15, -0.1) is 0 Å². The number of rotatable bonds is 6. The first-order chi connectivity index (χ1) is 12.3. The molecule has 2 aromatic heterocycles. The molecular formula is C21H23BrN2O2. The van der Waals surface area contributed by atoms with Crippen LogP contribution in [0, 0.1) is 6.92 Å². The van der Waals surface area contributed by atoms with Gasteiger partial charge in [-0.25, -0.2) is 4.98 Å². The smallest absolute Gasteiger partial charge is 0.182 e. The van der Waals surface area contributed by atoms with Crippen molar-refractivity contribution < 1.29 is 9.53 Å². The van der Waals surface area contributed by atoms with Crippen LogP contribution in [0.3, 0.4) is 0 Å². The molecule has 3 rings (SSSR count). The topological polar surface area (TPSA) is 43.6 Å². The lowest BCUT2D eigenvalue weighted by molar-refractivity contribution is 0.0951. The SMILES string of the molecule is CCOc1cccn2c(C(=O)CC(C)(C)c3cccc(Br)c3)c(C)nc12. The number of Topliss-reactive ketones (excluding diaryl/α,β-unsaturated/α-hetero) is 1. The highest BCUT2D eigenvalue weighted by molar-refractivity contribution is 9.10. The zero-order chi connectivity index (χ0) is 18.9. The zero-order valence-corrected chi connectivity index (χ0v) is 17.1. The predicted molar refractivity (Wildman–Crippen MR) is 107 cm³/mol. The highest BCUT2D eigenvalue weighted by Gasteiger charge is 2.28. The highest BCUT2D eigenvalue weighted by Crippen LogP contribution is 2.31. The van der Waals surface area contributed by atoms with Crippen molar-refractivity contribution in [2.45, 2.75) is 39.5 Å². The highest BCUT2D eigenvalue weighted by atomic mass is 79.9. The average Bonchev–Trinajstić information content (AvgIpc) is 2.92. The monoisotopic (exact) mass is 414 g/mol. The number of ether oxygens (including phenoxy) is 1. The van der Waals surface area contributed by atoms with Gasteiger partial charge in [-0.3, -0.25) is 9.20 Å². The van der Waals surface area contributed by atoms with Crippen LogP contribution in [0.5, 0.6) is 5.75 Å². The summed E-state index contributed by atoms with van der Waals surface area (Å²) in [7, 11) is 0. The van der Waals surface area contributed by atoms with E-state index >= 15 is 0 Å². The fourth-order valence-corrected chi connectivity index (χ4v) is 3.66. The molecule has 0 saturated carbocycles. The Balaban J connectivity index is 1.98. The molecule has 4 nitrogen and oxygen atoms in total. The molecule has 0 amide bonds. The van der Waals surface area contributed by atoms with E-state index in [1.54, 1.807) is 0 Å². The van der Waals surface area contributed by atoms with Crippen molar-refractivity contribution in [1.82, 2.24) is 9.38 Å². The minimum atomic E-state index is -0.283. The maximum atomic E-state index is 13.2. The van der Waals surface area contributed by atoms with Crippen molar-refractivity contribution in [1.29, 1.82) is 0 Å². The van der Waals surface area contributed by atoms with Crippen LogP contribution in [0.2, 0.25) is 0 Å². The van der Waals surface area contributed by atoms with Crippen molar-refractivity contribution in [3.63, 3.8) is 0 Å². The summed E-state index contributed by atoms with van der Waals surface area (Å²) in [6, 6.07) is 11.9. The molecule has 0 fully saturated rings. The predicted octanol–water partition coefficient (Wildman–Crippen LogP) is 5.35. The quantitative estimate of drug-likeness (QED) is 0.510. The average molecular weight is 415 g/mol. The summed E-state index contributed by atoms with van der Waals surface area (Å²) in [5.74, 6) is 0.775. The lowest BCUT2D eigenvalue weighted by Gasteiger charge is -2.24. The molecule has 0 unspecified atom stereocenters. The molecule has 0 aliphatic heterocycles. The number of pyridine rings is 1. The zero-order valence-electron chi connectivity index (χ0n) is 15.5. The Morgan fingerprint density at radius 2 is 2.04 bits per heavy atom. The van der Waals surface area contributed by atoms with E-state index in [4.69, 9.17) is 4.74 Å². The number of aromatic nitrogens is 2. The number of halogens is 1. The van der Waals surface area contributed by atoms with Gasteiger partial charge in [0.05, 0.1) is 12.3 Å². The first-order valence-corrected chi connectivity index (χ1v) is 9.52. The molecule has 136 valence electrons. The summed E-state index contributed by atoms with van der Waals surface area (Å²) in [6.45, 7) is 8.56. The number of aryl methyl sites for hydroxylation is 1. The summed E-state index contributed by atoms with van der Waals surface area (Å²) in [6.07, 6.45) is 2.27. The third kappa shape index (κ3) is 3.54. The standard InChI is InChI=1S/C21H23BrN2O2/c1-5-26-18-10-7-11-24-19(14(2)23-20(18)24)17(25)13-21(3,4)15-8-6-9-16(22)12-15/h6-12H,5,13H2,1-4H3. The molecule has 0 atom stereocenters. The second-order valence-electron chi connectivity index (χ2n) is 7.04. The third-order valence-corrected chi connectivity index (χ3v) is 5.05. The summed E-state index contributed by atoms with van der Waals surface area (Å²) in [5.41, 5.74) is 2.89. The van der Waals surface area contributed by atoms with Crippen LogP contribution in [-0.2, 0) is 5.41 Å². The van der Waals surface area contributed by atoms with Gasteiger partial charge in [-0.2, -0.15) is 0 Å². The Kier molecular flexibility index (Phi) is 5.19. The molecule has 0 N–H and O–H groups in total. The van der Waals surface area contributed by atoms with E-state index in [9.17, 15) is 4.79 Å². The molecule has 3 aromatic rings. The number of hydrogen-bond donors (Lipinski definition) is 0. The Morgan fingerprint density at radius 1 is 1.27 bits per heavy atom. The molecule has 26 heavy (non-hydrogen) atoms. The number of fused-ring (bicyclic) bond motifs is 1. The summed E-state index contributed by atoms with van der Waals surface area (Å²) >= 11 is 3.51. The van der Waals surface area contributed by atoms with Gasteiger partial charge in [0, 0.05) is 17.1 Å². The van der Waals surface area contributed by atoms with E-state index in [1.807, 2.05) is 48.7 Å². The molecule has 0 bridgehead atoms. The maximum absolute atomic E-state index is 13.2. The fraction of sp³-hybridized carbons (Fsp3) is 0.333. The van der Waals surface area contributed by atoms with E-state index in [2.05, 4.69) is 46.9 Å². The second-order valence-corrected chi connectivity index (χ2v) is 7.95. The Morgan fingerprint density at radius 3 is 2.73 bits per heavy atom. The van der Waals surface area contributed by atoms with E-state index in [1.165, 1.54) is 0 Å². The summed E-state index contributed by atoms with van der Waals surface area (Å²) in [4.78, 5) is 17.7. The summed E-state index contributed by atoms with van der Waals surface area (Å²) < 4.78 is 8.51. The van der Waals surface area contributed by atoms with Crippen molar-refractivity contribution in [2.24, 2.45) is 0 Å². The Hall–Kier alpha value is -2.14. The molecule has 0 spiro atoms. The molecule has 0 aliphatic rings. The molecule has 1 aromatic carbocycles. The minimum Gasteiger partial charge on any atom is -0.490 e.